The van der Waals surface area contributed by atoms with Gasteiger partial charge in [-0.05, 0) is 19.1 Å². The van der Waals surface area contributed by atoms with E-state index in [2.05, 4.69) is 10.1 Å². The van der Waals surface area contributed by atoms with Crippen molar-refractivity contribution in [2.75, 3.05) is 0 Å². The summed E-state index contributed by atoms with van der Waals surface area (Å²) in [4.78, 5) is 14.1. The van der Waals surface area contributed by atoms with Gasteiger partial charge in [-0.1, -0.05) is 6.08 Å². The van der Waals surface area contributed by atoms with Gasteiger partial charge < -0.3 is 4.98 Å². The molecule has 0 aliphatic rings. The zero-order chi connectivity index (χ0) is 9.26. The minimum atomic E-state index is -0.117. The number of rotatable bonds is 1. The van der Waals surface area contributed by atoms with Crippen LogP contribution >= 0.6 is 0 Å². The molecule has 0 saturated heterocycles. The number of aromatic nitrogens is 3. The van der Waals surface area contributed by atoms with Crippen LogP contribution in [0.2, 0.25) is 0 Å². The van der Waals surface area contributed by atoms with Crippen LogP contribution in [0.1, 0.15) is 12.6 Å². The molecule has 0 unspecified atom stereocenters. The fourth-order valence-corrected chi connectivity index (χ4v) is 1.22. The number of nitrogens with zero attached hydrogens (tertiary/aromatic N) is 2. The maximum absolute atomic E-state index is 11.4. The third kappa shape index (κ3) is 1.26. The van der Waals surface area contributed by atoms with Crippen LogP contribution in [-0.4, -0.2) is 14.6 Å². The van der Waals surface area contributed by atoms with Crippen LogP contribution in [0.25, 0.3) is 11.6 Å². The summed E-state index contributed by atoms with van der Waals surface area (Å²) < 4.78 is 1.56. The molecule has 0 aliphatic heterocycles. The standard InChI is InChI=1S/C9H9N3O/c1-2-3-7-6-12-8(4-5-10-12)9(13)11-7/h2-6H,1H3,(H,11,13)/b3-2+. The Morgan fingerprint density at radius 3 is 3.23 bits per heavy atom. The zero-order valence-electron chi connectivity index (χ0n) is 7.19. The first-order valence-electron chi connectivity index (χ1n) is 4.00. The second-order valence-corrected chi connectivity index (χ2v) is 2.70. The van der Waals surface area contributed by atoms with Gasteiger partial charge in [0.1, 0.15) is 5.52 Å². The molecule has 2 rings (SSSR count). The van der Waals surface area contributed by atoms with Crippen molar-refractivity contribution in [2.45, 2.75) is 6.92 Å². The van der Waals surface area contributed by atoms with E-state index in [9.17, 15) is 4.79 Å². The van der Waals surface area contributed by atoms with Gasteiger partial charge in [-0.15, -0.1) is 0 Å². The largest absolute Gasteiger partial charge is 0.319 e. The molecule has 0 radical (unpaired) electrons. The molecule has 0 amide bonds. The minimum absolute atomic E-state index is 0.117. The molecule has 0 bridgehead atoms. The van der Waals surface area contributed by atoms with Crippen LogP contribution in [0.3, 0.4) is 0 Å². The Morgan fingerprint density at radius 1 is 1.62 bits per heavy atom. The molecule has 0 atom stereocenters. The van der Waals surface area contributed by atoms with Gasteiger partial charge in [-0.3, -0.25) is 4.79 Å². The molecule has 4 nitrogen and oxygen atoms in total. The first-order chi connectivity index (χ1) is 6.31. The molecule has 2 heterocycles. The van der Waals surface area contributed by atoms with Crippen LogP contribution in [0, 0.1) is 0 Å². The first-order valence-corrected chi connectivity index (χ1v) is 4.00. The lowest BCUT2D eigenvalue weighted by Gasteiger charge is -1.95. The van der Waals surface area contributed by atoms with Crippen molar-refractivity contribution in [2.24, 2.45) is 0 Å². The van der Waals surface area contributed by atoms with E-state index in [1.807, 2.05) is 19.1 Å². The summed E-state index contributed by atoms with van der Waals surface area (Å²) in [6, 6.07) is 1.68. The Bertz CT molecular complexity index is 507. The molecular weight excluding hydrogens is 166 g/mol. The van der Waals surface area contributed by atoms with Gasteiger partial charge >= 0.3 is 0 Å². The Hall–Kier alpha value is -1.84. The van der Waals surface area contributed by atoms with Crippen molar-refractivity contribution in [1.29, 1.82) is 0 Å². The second-order valence-electron chi connectivity index (χ2n) is 2.70. The fraction of sp³-hybridized carbons (Fsp3) is 0.111. The minimum Gasteiger partial charge on any atom is -0.319 e. The summed E-state index contributed by atoms with van der Waals surface area (Å²) in [5.41, 5.74) is 1.20. The topological polar surface area (TPSA) is 50.2 Å². The number of fused-ring (bicyclic) bond motifs is 1. The summed E-state index contributed by atoms with van der Waals surface area (Å²) >= 11 is 0. The number of allylic oxidation sites excluding steroid dienone is 1. The van der Waals surface area contributed by atoms with Gasteiger partial charge in [0.05, 0.1) is 18.1 Å². The monoisotopic (exact) mass is 175 g/mol. The first kappa shape index (κ1) is 7.79. The second kappa shape index (κ2) is 2.90. The summed E-state index contributed by atoms with van der Waals surface area (Å²) in [6.07, 6.45) is 7.06. The maximum Gasteiger partial charge on any atom is 0.274 e. The average Bonchev–Trinajstić information content (AvgIpc) is 2.53. The van der Waals surface area contributed by atoms with Crippen molar-refractivity contribution >= 4 is 11.6 Å². The van der Waals surface area contributed by atoms with Crippen molar-refractivity contribution in [3.05, 3.63) is 40.6 Å². The highest BCUT2D eigenvalue weighted by atomic mass is 16.1. The molecule has 2 aromatic rings. The Balaban J connectivity index is 2.77. The molecule has 13 heavy (non-hydrogen) atoms. The van der Waals surface area contributed by atoms with Crippen LogP contribution in [-0.2, 0) is 0 Å². The van der Waals surface area contributed by atoms with Crippen molar-refractivity contribution in [3.8, 4) is 0 Å². The van der Waals surface area contributed by atoms with Gasteiger partial charge in [0.25, 0.3) is 5.56 Å². The molecule has 0 fully saturated rings. The molecule has 66 valence electrons. The van der Waals surface area contributed by atoms with E-state index in [-0.39, 0.29) is 5.56 Å². The lowest BCUT2D eigenvalue weighted by molar-refractivity contribution is 0.931. The highest BCUT2D eigenvalue weighted by molar-refractivity contribution is 5.48. The molecule has 0 aromatic carbocycles. The average molecular weight is 175 g/mol. The van der Waals surface area contributed by atoms with Crippen LogP contribution in [0.15, 0.2) is 29.3 Å². The van der Waals surface area contributed by atoms with Crippen molar-refractivity contribution in [3.63, 3.8) is 0 Å². The Morgan fingerprint density at radius 2 is 2.46 bits per heavy atom. The lowest BCUT2D eigenvalue weighted by atomic mass is 10.4. The van der Waals surface area contributed by atoms with Crippen molar-refractivity contribution < 1.29 is 0 Å². The lowest BCUT2D eigenvalue weighted by Crippen LogP contribution is -2.10. The van der Waals surface area contributed by atoms with Gasteiger partial charge in [0.15, 0.2) is 0 Å². The quantitative estimate of drug-likeness (QED) is 0.704. The smallest absolute Gasteiger partial charge is 0.274 e. The summed E-state index contributed by atoms with van der Waals surface area (Å²) in [6.45, 7) is 1.89. The zero-order valence-corrected chi connectivity index (χ0v) is 7.19. The summed E-state index contributed by atoms with van der Waals surface area (Å²) in [7, 11) is 0. The number of H-pyrrole nitrogens is 1. The third-order valence-electron chi connectivity index (χ3n) is 1.77. The van der Waals surface area contributed by atoms with E-state index in [0.29, 0.717) is 5.52 Å². The molecule has 0 spiro atoms. The van der Waals surface area contributed by atoms with Gasteiger partial charge in [0.2, 0.25) is 0 Å². The molecule has 0 saturated carbocycles. The van der Waals surface area contributed by atoms with Crippen LogP contribution < -0.4 is 5.56 Å². The predicted molar refractivity (Wildman–Crippen MR) is 50.5 cm³/mol. The molecule has 2 aromatic heterocycles. The predicted octanol–water partition coefficient (Wildman–Crippen LogP) is 1.06. The number of nitrogens with one attached hydrogen (secondary N) is 1. The van der Waals surface area contributed by atoms with E-state index in [1.165, 1.54) is 0 Å². The molecule has 0 aliphatic carbocycles. The molecular formula is C9H9N3O. The van der Waals surface area contributed by atoms with Crippen LogP contribution in [0.4, 0.5) is 0 Å². The Labute approximate surface area is 74.5 Å². The fourth-order valence-electron chi connectivity index (χ4n) is 1.22. The number of aromatic amines is 1. The highest BCUT2D eigenvalue weighted by Gasteiger charge is 1.98. The highest BCUT2D eigenvalue weighted by Crippen LogP contribution is 1.98. The van der Waals surface area contributed by atoms with Gasteiger partial charge in [0, 0.05) is 0 Å². The third-order valence-corrected chi connectivity index (χ3v) is 1.77. The van der Waals surface area contributed by atoms with E-state index in [0.717, 1.165) is 5.69 Å². The van der Waals surface area contributed by atoms with Gasteiger partial charge in [-0.25, -0.2) is 4.52 Å². The normalized spacial score (nSPS) is 11.5. The van der Waals surface area contributed by atoms with Crippen molar-refractivity contribution in [1.82, 2.24) is 14.6 Å². The SMILES string of the molecule is C/C=C/c1cn2nccc2c(=O)[nH]1. The summed E-state index contributed by atoms with van der Waals surface area (Å²) in [5.74, 6) is 0. The van der Waals surface area contributed by atoms with E-state index in [4.69, 9.17) is 0 Å². The summed E-state index contributed by atoms with van der Waals surface area (Å²) in [5, 5.41) is 3.99. The number of hydrogen-bond donors (Lipinski definition) is 1. The van der Waals surface area contributed by atoms with Gasteiger partial charge in [-0.2, -0.15) is 5.10 Å². The molecule has 1 N–H and O–H groups in total. The van der Waals surface area contributed by atoms with E-state index < -0.39 is 0 Å². The van der Waals surface area contributed by atoms with E-state index >= 15 is 0 Å². The molecule has 4 heteroatoms. The Kier molecular flexibility index (Phi) is 1.73. The number of hydrogen-bond acceptors (Lipinski definition) is 2. The van der Waals surface area contributed by atoms with Crippen LogP contribution in [0.5, 0.6) is 0 Å². The van der Waals surface area contributed by atoms with E-state index in [1.54, 1.807) is 23.0 Å². The maximum atomic E-state index is 11.4.